The molecule has 1 saturated carbocycles. The minimum atomic E-state index is -5.08. The summed E-state index contributed by atoms with van der Waals surface area (Å²) in [5, 5.41) is 10.2. The van der Waals surface area contributed by atoms with Crippen LogP contribution in [0.5, 0.6) is 0 Å². The summed E-state index contributed by atoms with van der Waals surface area (Å²) in [4.78, 5) is 8.90. The monoisotopic (exact) mass is 247 g/mol. The Kier molecular flexibility index (Phi) is 3.41. The Morgan fingerprint density at radius 1 is 1.25 bits per heavy atom. The highest BCUT2D eigenvalue weighted by Gasteiger charge is 2.47. The summed E-state index contributed by atoms with van der Waals surface area (Å²) >= 11 is 0. The van der Waals surface area contributed by atoms with E-state index < -0.39 is 18.1 Å². The van der Waals surface area contributed by atoms with Crippen molar-refractivity contribution >= 4 is 5.97 Å². The smallest absolute Gasteiger partial charge is 0.475 e. The highest BCUT2D eigenvalue weighted by molar-refractivity contribution is 5.73. The Morgan fingerprint density at radius 3 is 1.69 bits per heavy atom. The molecule has 0 aromatic heterocycles. The van der Waals surface area contributed by atoms with E-state index in [2.05, 4.69) is 5.32 Å². The topological polar surface area (TPSA) is 49.3 Å². The molecule has 2 aliphatic heterocycles. The zero-order chi connectivity index (χ0) is 12.6. The number of halogens is 5. The van der Waals surface area contributed by atoms with Crippen molar-refractivity contribution in [2.75, 3.05) is 0 Å². The standard InChI is InChI=1S/C6H9F2N.C2HF3O2/c7-6(8)2-4-1-5(3-6)9-4;3-2(4,5)1(6)7/h4-5,9H,1-3H2;(H,6,7). The normalized spacial score (nSPS) is 30.8. The van der Waals surface area contributed by atoms with E-state index >= 15 is 0 Å². The number of piperidine rings is 1. The van der Waals surface area contributed by atoms with Crippen LogP contribution in [-0.4, -0.2) is 35.3 Å². The molecule has 0 aromatic carbocycles. The lowest BCUT2D eigenvalue weighted by atomic mass is 9.80. The van der Waals surface area contributed by atoms with Crippen LogP contribution in [0.4, 0.5) is 22.0 Å². The molecule has 0 spiro atoms. The number of hydrogen-bond acceptors (Lipinski definition) is 2. The van der Waals surface area contributed by atoms with Gasteiger partial charge in [0, 0.05) is 24.9 Å². The molecule has 1 aliphatic carbocycles. The predicted octanol–water partition coefficient (Wildman–Crippen LogP) is 1.78. The lowest BCUT2D eigenvalue weighted by molar-refractivity contribution is -0.192. The van der Waals surface area contributed by atoms with Crippen LogP contribution in [0.25, 0.3) is 0 Å². The van der Waals surface area contributed by atoms with Crippen LogP contribution in [0, 0.1) is 0 Å². The van der Waals surface area contributed by atoms with Gasteiger partial charge in [-0.15, -0.1) is 0 Å². The average molecular weight is 247 g/mol. The van der Waals surface area contributed by atoms with Crippen molar-refractivity contribution in [3.8, 4) is 0 Å². The molecule has 2 bridgehead atoms. The van der Waals surface area contributed by atoms with E-state index in [1.165, 1.54) is 0 Å². The third-order valence-electron chi connectivity index (χ3n) is 2.37. The van der Waals surface area contributed by atoms with E-state index in [9.17, 15) is 22.0 Å². The van der Waals surface area contributed by atoms with Crippen LogP contribution in [0.3, 0.4) is 0 Å². The number of fused-ring (bicyclic) bond motifs is 2. The third kappa shape index (κ3) is 3.58. The molecular weight excluding hydrogens is 237 g/mol. The largest absolute Gasteiger partial charge is 0.490 e. The molecule has 8 heteroatoms. The highest BCUT2D eigenvalue weighted by atomic mass is 19.4. The first-order valence-corrected chi connectivity index (χ1v) is 4.54. The first kappa shape index (κ1) is 13.1. The number of alkyl halides is 5. The molecule has 2 saturated heterocycles. The fourth-order valence-electron chi connectivity index (χ4n) is 1.74. The van der Waals surface area contributed by atoms with Crippen LogP contribution in [0.2, 0.25) is 0 Å². The van der Waals surface area contributed by atoms with Crippen LogP contribution in [0.1, 0.15) is 19.3 Å². The minimum Gasteiger partial charge on any atom is -0.475 e. The van der Waals surface area contributed by atoms with Gasteiger partial charge in [-0.1, -0.05) is 0 Å². The van der Waals surface area contributed by atoms with Crippen LogP contribution in [0.15, 0.2) is 0 Å². The van der Waals surface area contributed by atoms with Gasteiger partial charge in [-0.2, -0.15) is 13.2 Å². The predicted molar refractivity (Wildman–Crippen MR) is 43.2 cm³/mol. The molecule has 3 fully saturated rings. The first-order valence-electron chi connectivity index (χ1n) is 4.54. The van der Waals surface area contributed by atoms with Gasteiger partial charge in [0.15, 0.2) is 0 Å². The Hall–Kier alpha value is -0.920. The maximum absolute atomic E-state index is 12.4. The molecule has 0 aromatic rings. The molecule has 16 heavy (non-hydrogen) atoms. The molecule has 2 N–H and O–H groups in total. The molecule has 94 valence electrons. The second-order valence-corrected chi connectivity index (χ2v) is 3.86. The summed E-state index contributed by atoms with van der Waals surface area (Å²) in [6, 6.07) is 0.248. The van der Waals surface area contributed by atoms with Crippen molar-refractivity contribution in [2.24, 2.45) is 0 Å². The van der Waals surface area contributed by atoms with Gasteiger partial charge in [-0.3, -0.25) is 0 Å². The number of hydrogen-bond donors (Lipinski definition) is 2. The van der Waals surface area contributed by atoms with E-state index in [1.807, 2.05) is 0 Å². The molecule has 3 nitrogen and oxygen atoms in total. The minimum absolute atomic E-state index is 0.0590. The molecule has 2 atom stereocenters. The zero-order valence-corrected chi connectivity index (χ0v) is 8.02. The van der Waals surface area contributed by atoms with Gasteiger partial charge in [0.05, 0.1) is 0 Å². The van der Waals surface area contributed by atoms with E-state index in [4.69, 9.17) is 9.90 Å². The summed E-state index contributed by atoms with van der Waals surface area (Å²) in [5.41, 5.74) is 0. The van der Waals surface area contributed by atoms with Crippen molar-refractivity contribution < 1.29 is 31.9 Å². The Bertz CT molecular complexity index is 260. The fourth-order valence-corrected chi connectivity index (χ4v) is 1.74. The summed E-state index contributed by atoms with van der Waals surface area (Å²) in [6.45, 7) is 0. The number of carboxylic acid groups (broad SMARTS) is 1. The van der Waals surface area contributed by atoms with Gasteiger partial charge in [0.25, 0.3) is 5.92 Å². The summed E-state index contributed by atoms with van der Waals surface area (Å²) in [5.74, 6) is -5.12. The second kappa shape index (κ2) is 4.15. The van der Waals surface area contributed by atoms with Gasteiger partial charge in [0.1, 0.15) is 0 Å². The number of carbonyl (C=O) groups is 1. The SMILES string of the molecule is FC1(F)CC2CC(C1)N2.O=C(O)C(F)(F)F. The van der Waals surface area contributed by atoms with E-state index in [0.29, 0.717) is 0 Å². The van der Waals surface area contributed by atoms with Crippen molar-refractivity contribution in [3.63, 3.8) is 0 Å². The Labute approximate surface area is 87.6 Å². The average Bonchev–Trinajstić information content (AvgIpc) is 1.98. The van der Waals surface area contributed by atoms with Crippen molar-refractivity contribution in [1.29, 1.82) is 0 Å². The number of aliphatic carboxylic acids is 1. The maximum Gasteiger partial charge on any atom is 0.490 e. The van der Waals surface area contributed by atoms with Gasteiger partial charge in [-0.05, 0) is 6.42 Å². The summed E-state index contributed by atoms with van der Waals surface area (Å²) in [6.07, 6.45) is -4.00. The molecule has 0 amide bonds. The van der Waals surface area contributed by atoms with Crippen LogP contribution >= 0.6 is 0 Å². The number of nitrogens with one attached hydrogen (secondary N) is 1. The molecule has 2 unspecified atom stereocenters. The Balaban J connectivity index is 0.000000168. The van der Waals surface area contributed by atoms with E-state index in [1.54, 1.807) is 0 Å². The van der Waals surface area contributed by atoms with Crippen LogP contribution < -0.4 is 5.32 Å². The lowest BCUT2D eigenvalue weighted by Crippen LogP contribution is -2.61. The Morgan fingerprint density at radius 2 is 1.56 bits per heavy atom. The van der Waals surface area contributed by atoms with Gasteiger partial charge >= 0.3 is 12.1 Å². The number of rotatable bonds is 0. The van der Waals surface area contributed by atoms with Crippen LogP contribution in [-0.2, 0) is 4.79 Å². The van der Waals surface area contributed by atoms with Gasteiger partial charge in [0.2, 0.25) is 0 Å². The molecular formula is C8H10F5NO2. The van der Waals surface area contributed by atoms with E-state index in [-0.39, 0.29) is 24.9 Å². The van der Waals surface area contributed by atoms with Crippen molar-refractivity contribution in [2.45, 2.75) is 43.4 Å². The van der Waals surface area contributed by atoms with Crippen molar-refractivity contribution in [1.82, 2.24) is 5.32 Å². The summed E-state index contributed by atoms with van der Waals surface area (Å²) < 4.78 is 56.6. The van der Waals surface area contributed by atoms with E-state index in [0.717, 1.165) is 6.42 Å². The zero-order valence-electron chi connectivity index (χ0n) is 8.02. The van der Waals surface area contributed by atoms with Gasteiger partial charge in [-0.25, -0.2) is 13.6 Å². The molecule has 3 rings (SSSR count). The quantitative estimate of drug-likeness (QED) is 0.641. The lowest BCUT2D eigenvalue weighted by Gasteiger charge is -2.46. The maximum atomic E-state index is 12.4. The fraction of sp³-hybridized carbons (Fsp3) is 0.875. The molecule has 2 heterocycles. The van der Waals surface area contributed by atoms with Gasteiger partial charge < -0.3 is 10.4 Å². The summed E-state index contributed by atoms with van der Waals surface area (Å²) in [7, 11) is 0. The number of carboxylic acids is 1. The third-order valence-corrected chi connectivity index (χ3v) is 2.37. The highest BCUT2D eigenvalue weighted by Crippen LogP contribution is 2.39. The second-order valence-electron chi connectivity index (χ2n) is 3.86. The first-order chi connectivity index (χ1) is 7.10. The molecule has 0 radical (unpaired) electrons. The van der Waals surface area contributed by atoms with Crippen molar-refractivity contribution in [3.05, 3.63) is 0 Å². The molecule has 3 aliphatic rings.